The topological polar surface area (TPSA) is 73.7 Å². The van der Waals surface area contributed by atoms with Crippen LogP contribution in [-0.2, 0) is 23.9 Å². The molecule has 2 amide bonds. The molecular weight excluding hydrogens is 613 g/mol. The number of hydrogen-bond acceptors (Lipinski definition) is 6. The normalized spacial score (nSPS) is 15.8. The van der Waals surface area contributed by atoms with Crippen LogP contribution in [0.1, 0.15) is 40.0 Å². The van der Waals surface area contributed by atoms with Crippen molar-refractivity contribution in [2.45, 2.75) is 38.9 Å². The number of alkyl halides is 3. The number of anilines is 2. The molecule has 0 aliphatic carbocycles. The number of carbonyl (C=O) groups excluding carboxylic acids is 2. The van der Waals surface area contributed by atoms with Gasteiger partial charge in [-0.25, -0.2) is 4.98 Å². The molecule has 0 spiro atoms. The first kappa shape index (κ1) is 31.8. The van der Waals surface area contributed by atoms with Crippen LogP contribution in [0, 0.1) is 6.92 Å². The fourth-order valence-electron chi connectivity index (χ4n) is 6.13. The largest absolute Gasteiger partial charge is 0.416 e. The summed E-state index contributed by atoms with van der Waals surface area (Å²) in [7, 11) is 0. The molecule has 12 heteroatoms. The second kappa shape index (κ2) is 13.7. The number of likely N-dealkylation sites (tertiary alicyclic amines) is 1. The molecule has 2 saturated heterocycles. The fraction of sp³-hybridized carbons (Fsp3) is 0.382. The number of hydrogen-bond donors (Lipinski definition) is 1. The van der Waals surface area contributed by atoms with Gasteiger partial charge in [0.05, 0.1) is 29.1 Å². The Bertz CT molecular complexity index is 1670. The van der Waals surface area contributed by atoms with E-state index in [9.17, 15) is 22.8 Å². The van der Waals surface area contributed by atoms with Crippen LogP contribution in [-0.4, -0.2) is 81.9 Å². The van der Waals surface area contributed by atoms with Gasteiger partial charge in [-0.3, -0.25) is 14.5 Å². The van der Waals surface area contributed by atoms with E-state index in [0.29, 0.717) is 61.3 Å². The van der Waals surface area contributed by atoms with Gasteiger partial charge in [-0.15, -0.1) is 11.3 Å². The number of aryl methyl sites for hydroxylation is 1. The molecule has 242 valence electrons. The maximum absolute atomic E-state index is 13.9. The average molecular weight is 651 g/mol. The van der Waals surface area contributed by atoms with E-state index in [0.717, 1.165) is 55.9 Å². The number of piperazine rings is 1. The first-order chi connectivity index (χ1) is 22.2. The average Bonchev–Trinajstić information content (AvgIpc) is 3.82. The quantitative estimate of drug-likeness (QED) is 0.230. The minimum atomic E-state index is -4.44. The number of rotatable bonds is 9. The molecule has 2 aromatic carbocycles. The van der Waals surface area contributed by atoms with Gasteiger partial charge in [0, 0.05) is 62.6 Å². The Balaban J connectivity index is 1.20. The molecule has 2 aromatic heterocycles. The summed E-state index contributed by atoms with van der Waals surface area (Å²) in [5.41, 5.74) is 3.58. The summed E-state index contributed by atoms with van der Waals surface area (Å²) in [5, 5.41) is 5.32. The minimum absolute atomic E-state index is 0.0553. The van der Waals surface area contributed by atoms with Crippen LogP contribution in [0.3, 0.4) is 0 Å². The summed E-state index contributed by atoms with van der Waals surface area (Å²) in [6.45, 7) is 6.99. The number of amides is 2. The molecule has 2 aliphatic rings. The first-order valence-electron chi connectivity index (χ1n) is 15.6. The Morgan fingerprint density at radius 1 is 0.913 bits per heavy atom. The third kappa shape index (κ3) is 7.28. The first-order valence-corrected chi connectivity index (χ1v) is 16.5. The van der Waals surface area contributed by atoms with E-state index in [2.05, 4.69) is 26.9 Å². The van der Waals surface area contributed by atoms with Crippen molar-refractivity contribution < 1.29 is 22.8 Å². The highest BCUT2D eigenvalue weighted by atomic mass is 32.1. The van der Waals surface area contributed by atoms with Gasteiger partial charge in [0.15, 0.2) is 5.13 Å². The van der Waals surface area contributed by atoms with Crippen LogP contribution in [0.5, 0.6) is 0 Å². The molecule has 4 heterocycles. The van der Waals surface area contributed by atoms with Crippen molar-refractivity contribution in [2.75, 3.05) is 51.1 Å². The molecule has 6 rings (SSSR count). The van der Waals surface area contributed by atoms with E-state index >= 15 is 0 Å². The molecule has 0 unspecified atom stereocenters. The van der Waals surface area contributed by atoms with E-state index in [1.807, 2.05) is 46.4 Å². The Morgan fingerprint density at radius 2 is 1.65 bits per heavy atom. The van der Waals surface area contributed by atoms with Crippen LogP contribution < -0.4 is 5.32 Å². The lowest BCUT2D eigenvalue weighted by molar-refractivity contribution is -0.137. The van der Waals surface area contributed by atoms with Gasteiger partial charge >= 0.3 is 6.18 Å². The van der Waals surface area contributed by atoms with Crippen molar-refractivity contribution in [1.82, 2.24) is 24.3 Å². The van der Waals surface area contributed by atoms with Crippen LogP contribution in [0.15, 0.2) is 66.0 Å². The number of thiazole rings is 1. The summed E-state index contributed by atoms with van der Waals surface area (Å²) in [6.07, 6.45) is -1.56. The molecule has 8 nitrogen and oxygen atoms in total. The number of carbonyl (C=O) groups is 2. The smallest absolute Gasteiger partial charge is 0.342 e. The Morgan fingerprint density at radius 3 is 2.37 bits per heavy atom. The van der Waals surface area contributed by atoms with Crippen LogP contribution in [0.4, 0.5) is 24.0 Å². The number of benzene rings is 2. The van der Waals surface area contributed by atoms with E-state index < -0.39 is 11.7 Å². The zero-order valence-electron chi connectivity index (χ0n) is 25.7. The second-order valence-electron chi connectivity index (χ2n) is 11.8. The third-order valence-corrected chi connectivity index (χ3v) is 9.51. The zero-order valence-corrected chi connectivity index (χ0v) is 26.5. The summed E-state index contributed by atoms with van der Waals surface area (Å²) in [6, 6.07) is 17.0. The Kier molecular flexibility index (Phi) is 9.46. The van der Waals surface area contributed by atoms with Gasteiger partial charge in [0.25, 0.3) is 5.91 Å². The summed E-state index contributed by atoms with van der Waals surface area (Å²) in [5.74, 6) is 0.110. The van der Waals surface area contributed by atoms with Gasteiger partial charge < -0.3 is 19.7 Å². The van der Waals surface area contributed by atoms with Crippen molar-refractivity contribution in [1.29, 1.82) is 0 Å². The predicted octanol–water partition coefficient (Wildman–Crippen LogP) is 6.31. The SMILES string of the molecule is Cc1c(C(=O)N2CCN(CC(=O)N3CCCC3)CC2)cc(-c2csc(Nc3cccc(C(F)(F)F)c3)n2)n1CCc1ccccc1. The molecule has 2 fully saturated rings. The highest BCUT2D eigenvalue weighted by molar-refractivity contribution is 7.14. The summed E-state index contributed by atoms with van der Waals surface area (Å²) < 4.78 is 41.8. The lowest BCUT2D eigenvalue weighted by Gasteiger charge is -2.35. The standard InChI is InChI=1S/C34H37F3N6O2S/c1-24-28(32(45)42-18-16-40(17-19-42)22-31(44)41-13-5-6-14-41)21-30(43(24)15-12-25-8-3-2-4-9-25)29-23-46-33(39-29)38-27-11-7-10-26(20-27)34(35,36)37/h2-4,7-11,20-21,23H,5-6,12-19,22H2,1H3,(H,38,39). The van der Waals surface area contributed by atoms with Crippen molar-refractivity contribution in [3.05, 3.63) is 88.4 Å². The van der Waals surface area contributed by atoms with Crippen molar-refractivity contribution in [3.8, 4) is 11.4 Å². The highest BCUT2D eigenvalue weighted by Crippen LogP contribution is 2.34. The van der Waals surface area contributed by atoms with Crippen molar-refractivity contribution in [2.24, 2.45) is 0 Å². The van der Waals surface area contributed by atoms with Gasteiger partial charge in [0.1, 0.15) is 0 Å². The van der Waals surface area contributed by atoms with Crippen LogP contribution in [0.25, 0.3) is 11.4 Å². The number of halogens is 3. The lowest BCUT2D eigenvalue weighted by Crippen LogP contribution is -2.51. The minimum Gasteiger partial charge on any atom is -0.342 e. The Hall–Kier alpha value is -4.16. The molecule has 0 bridgehead atoms. The van der Waals surface area contributed by atoms with Crippen LogP contribution >= 0.6 is 11.3 Å². The van der Waals surface area contributed by atoms with E-state index in [-0.39, 0.29) is 11.8 Å². The lowest BCUT2D eigenvalue weighted by atomic mass is 10.1. The van der Waals surface area contributed by atoms with Crippen LogP contribution in [0.2, 0.25) is 0 Å². The third-order valence-electron chi connectivity index (χ3n) is 8.75. The fourth-order valence-corrected chi connectivity index (χ4v) is 6.85. The second-order valence-corrected chi connectivity index (χ2v) is 12.7. The van der Waals surface area contributed by atoms with E-state index in [4.69, 9.17) is 4.98 Å². The summed E-state index contributed by atoms with van der Waals surface area (Å²) >= 11 is 1.29. The van der Waals surface area contributed by atoms with Crippen molar-refractivity contribution in [3.63, 3.8) is 0 Å². The maximum Gasteiger partial charge on any atom is 0.416 e. The monoisotopic (exact) mass is 650 g/mol. The zero-order chi connectivity index (χ0) is 32.3. The summed E-state index contributed by atoms with van der Waals surface area (Å²) in [4.78, 5) is 37.2. The van der Waals surface area contributed by atoms with Gasteiger partial charge in [-0.2, -0.15) is 13.2 Å². The molecule has 0 radical (unpaired) electrons. The molecular formula is C34H37F3N6O2S. The molecule has 1 N–H and O–H groups in total. The molecule has 0 atom stereocenters. The van der Waals surface area contributed by atoms with Gasteiger partial charge in [-0.05, 0) is 56.0 Å². The molecule has 2 aliphatic heterocycles. The highest BCUT2D eigenvalue weighted by Gasteiger charge is 2.31. The molecule has 46 heavy (non-hydrogen) atoms. The predicted molar refractivity (Wildman–Crippen MR) is 173 cm³/mol. The number of nitrogens with one attached hydrogen (secondary N) is 1. The van der Waals surface area contributed by atoms with E-state index in [1.165, 1.54) is 23.0 Å². The number of nitrogens with zero attached hydrogens (tertiary/aromatic N) is 5. The molecule has 0 saturated carbocycles. The number of aromatic nitrogens is 2. The molecule has 4 aromatic rings. The van der Waals surface area contributed by atoms with E-state index in [1.54, 1.807) is 6.07 Å². The Labute approximate surface area is 270 Å². The van der Waals surface area contributed by atoms with Gasteiger partial charge in [0.2, 0.25) is 5.91 Å². The van der Waals surface area contributed by atoms with Crippen molar-refractivity contribution >= 4 is 34.0 Å². The maximum atomic E-state index is 13.9. The van der Waals surface area contributed by atoms with Gasteiger partial charge in [-0.1, -0.05) is 36.4 Å².